The molecule has 0 aliphatic rings. The average Bonchev–Trinajstić information content (AvgIpc) is 2.47. The van der Waals surface area contributed by atoms with Gasteiger partial charge in [0.25, 0.3) is 0 Å². The van der Waals surface area contributed by atoms with Crippen LogP contribution in [-0.2, 0) is 6.42 Å². The number of hydrogen-bond donors (Lipinski definition) is 1. The van der Waals surface area contributed by atoms with Crippen LogP contribution in [0.15, 0.2) is 48.5 Å². The van der Waals surface area contributed by atoms with Gasteiger partial charge in [-0.1, -0.05) is 24.3 Å². The first-order valence-corrected chi connectivity index (χ1v) is 6.44. The fourth-order valence-corrected chi connectivity index (χ4v) is 2.04. The zero-order valence-electron chi connectivity index (χ0n) is 11.5. The molecule has 0 fully saturated rings. The third-order valence-electron chi connectivity index (χ3n) is 3.03. The highest BCUT2D eigenvalue weighted by molar-refractivity contribution is 5.33. The smallest absolute Gasteiger partial charge is 0.387 e. The predicted octanol–water partition coefficient (Wildman–Crippen LogP) is 3.57. The third-order valence-corrected chi connectivity index (χ3v) is 3.03. The normalized spacial score (nSPS) is 12.2. The Balaban J connectivity index is 2.10. The van der Waals surface area contributed by atoms with Crippen LogP contribution < -0.4 is 9.47 Å². The molecule has 112 valence electrons. The maximum atomic E-state index is 12.2. The lowest BCUT2D eigenvalue weighted by Crippen LogP contribution is -2.05. The molecule has 0 radical (unpaired) electrons. The minimum absolute atomic E-state index is 0.0344. The molecule has 21 heavy (non-hydrogen) atoms. The number of rotatable bonds is 6. The van der Waals surface area contributed by atoms with Gasteiger partial charge in [0.15, 0.2) is 0 Å². The maximum Gasteiger partial charge on any atom is 0.387 e. The molecule has 0 spiro atoms. The Hall–Kier alpha value is -2.14. The second kappa shape index (κ2) is 7.04. The summed E-state index contributed by atoms with van der Waals surface area (Å²) in [7, 11) is 1.57. The van der Waals surface area contributed by atoms with Gasteiger partial charge in [-0.15, -0.1) is 0 Å². The molecule has 0 heterocycles. The fraction of sp³-hybridized carbons (Fsp3) is 0.250. The van der Waals surface area contributed by atoms with Crippen molar-refractivity contribution in [3.8, 4) is 11.5 Å². The zero-order valence-corrected chi connectivity index (χ0v) is 11.5. The highest BCUT2D eigenvalue weighted by atomic mass is 19.3. The number of aliphatic hydroxyl groups excluding tert-OH is 1. The largest absolute Gasteiger partial charge is 0.497 e. The third kappa shape index (κ3) is 4.43. The van der Waals surface area contributed by atoms with Crippen molar-refractivity contribution in [2.45, 2.75) is 19.1 Å². The Morgan fingerprint density at radius 3 is 2.48 bits per heavy atom. The summed E-state index contributed by atoms with van der Waals surface area (Å²) in [5.41, 5.74) is 1.41. The minimum Gasteiger partial charge on any atom is -0.497 e. The van der Waals surface area contributed by atoms with Crippen molar-refractivity contribution in [3.05, 3.63) is 59.7 Å². The van der Waals surface area contributed by atoms with Gasteiger partial charge in [0.2, 0.25) is 0 Å². The van der Waals surface area contributed by atoms with E-state index in [4.69, 9.17) is 4.74 Å². The molecule has 0 aliphatic heterocycles. The highest BCUT2D eigenvalue weighted by Crippen LogP contribution is 2.24. The molecule has 2 rings (SSSR count). The van der Waals surface area contributed by atoms with Crippen LogP contribution in [0.4, 0.5) is 8.78 Å². The molecule has 1 unspecified atom stereocenters. The molecule has 1 atom stereocenters. The first kappa shape index (κ1) is 15.3. The monoisotopic (exact) mass is 294 g/mol. The van der Waals surface area contributed by atoms with Crippen molar-refractivity contribution in [1.29, 1.82) is 0 Å². The molecule has 0 amide bonds. The number of benzene rings is 2. The van der Waals surface area contributed by atoms with Crippen molar-refractivity contribution in [3.63, 3.8) is 0 Å². The van der Waals surface area contributed by atoms with Crippen LogP contribution >= 0.6 is 0 Å². The number of halogens is 2. The predicted molar refractivity (Wildman–Crippen MR) is 74.7 cm³/mol. The van der Waals surface area contributed by atoms with Crippen LogP contribution in [0.25, 0.3) is 0 Å². The van der Waals surface area contributed by atoms with E-state index in [1.54, 1.807) is 19.2 Å². The van der Waals surface area contributed by atoms with Crippen LogP contribution in [0.1, 0.15) is 17.2 Å². The van der Waals surface area contributed by atoms with Crippen molar-refractivity contribution < 1.29 is 23.4 Å². The summed E-state index contributed by atoms with van der Waals surface area (Å²) in [5.74, 6) is 0.738. The van der Waals surface area contributed by atoms with E-state index in [1.165, 1.54) is 12.1 Å². The first-order valence-electron chi connectivity index (χ1n) is 6.44. The standard InChI is InChI=1S/C16H16F2O3/c1-20-13-6-2-4-11(8-13)9-15(19)12-5-3-7-14(10-12)21-16(17)18/h2-8,10,15-16,19H,9H2,1H3. The van der Waals surface area contributed by atoms with Gasteiger partial charge in [0, 0.05) is 6.42 Å². The topological polar surface area (TPSA) is 38.7 Å². The van der Waals surface area contributed by atoms with Crippen molar-refractivity contribution in [2.24, 2.45) is 0 Å². The van der Waals surface area contributed by atoms with E-state index < -0.39 is 12.7 Å². The molecule has 5 heteroatoms. The van der Waals surface area contributed by atoms with E-state index in [0.717, 1.165) is 5.56 Å². The fourth-order valence-electron chi connectivity index (χ4n) is 2.04. The number of methoxy groups -OCH3 is 1. The number of aliphatic hydroxyl groups is 1. The van der Waals surface area contributed by atoms with E-state index >= 15 is 0 Å². The summed E-state index contributed by atoms with van der Waals surface area (Å²) >= 11 is 0. The molecule has 2 aromatic carbocycles. The van der Waals surface area contributed by atoms with Gasteiger partial charge in [0.1, 0.15) is 11.5 Å². The maximum absolute atomic E-state index is 12.2. The quantitative estimate of drug-likeness (QED) is 0.885. The number of hydrogen-bond acceptors (Lipinski definition) is 3. The van der Waals surface area contributed by atoms with Crippen LogP contribution in [0.3, 0.4) is 0 Å². The summed E-state index contributed by atoms with van der Waals surface area (Å²) in [6.45, 7) is -2.88. The second-order valence-electron chi connectivity index (χ2n) is 4.52. The van der Waals surface area contributed by atoms with Crippen molar-refractivity contribution >= 4 is 0 Å². The Kier molecular flexibility index (Phi) is 5.11. The summed E-state index contributed by atoms with van der Waals surface area (Å²) in [6, 6.07) is 13.4. The SMILES string of the molecule is COc1cccc(CC(O)c2cccc(OC(F)F)c2)c1. The van der Waals surface area contributed by atoms with E-state index in [-0.39, 0.29) is 5.75 Å². The Morgan fingerprint density at radius 1 is 1.05 bits per heavy atom. The summed E-state index contributed by atoms with van der Waals surface area (Å²) in [4.78, 5) is 0. The van der Waals surface area contributed by atoms with Gasteiger partial charge < -0.3 is 14.6 Å². The number of alkyl halides is 2. The summed E-state index contributed by atoms with van der Waals surface area (Å²) < 4.78 is 33.8. The molecule has 0 saturated carbocycles. The van der Waals surface area contributed by atoms with Gasteiger partial charge in [0.05, 0.1) is 13.2 Å². The van der Waals surface area contributed by atoms with Gasteiger partial charge in [-0.2, -0.15) is 8.78 Å². The zero-order chi connectivity index (χ0) is 15.2. The number of ether oxygens (including phenoxy) is 2. The second-order valence-corrected chi connectivity index (χ2v) is 4.52. The van der Waals surface area contributed by atoms with Crippen molar-refractivity contribution in [2.75, 3.05) is 7.11 Å². The Bertz CT molecular complexity index is 587. The van der Waals surface area contributed by atoms with E-state index in [9.17, 15) is 13.9 Å². The molecule has 0 saturated heterocycles. The molecule has 0 aromatic heterocycles. The lowest BCUT2D eigenvalue weighted by Gasteiger charge is -2.13. The minimum atomic E-state index is -2.88. The highest BCUT2D eigenvalue weighted by Gasteiger charge is 2.11. The Morgan fingerprint density at radius 2 is 1.76 bits per heavy atom. The molecule has 2 aromatic rings. The molecule has 0 aliphatic carbocycles. The van der Waals surface area contributed by atoms with Crippen LogP contribution in [-0.4, -0.2) is 18.8 Å². The van der Waals surface area contributed by atoms with Crippen LogP contribution in [0.2, 0.25) is 0 Å². The molecule has 0 bridgehead atoms. The first-order chi connectivity index (χ1) is 10.1. The Labute approximate surface area is 121 Å². The van der Waals surface area contributed by atoms with Gasteiger partial charge in [-0.05, 0) is 35.4 Å². The van der Waals surface area contributed by atoms with Crippen molar-refractivity contribution in [1.82, 2.24) is 0 Å². The van der Waals surface area contributed by atoms with Crippen LogP contribution in [0.5, 0.6) is 11.5 Å². The molecular weight excluding hydrogens is 278 g/mol. The van der Waals surface area contributed by atoms with Crippen LogP contribution in [0, 0.1) is 0 Å². The van der Waals surface area contributed by atoms with Gasteiger partial charge in [-0.25, -0.2) is 0 Å². The molecule has 3 nitrogen and oxygen atoms in total. The lowest BCUT2D eigenvalue weighted by atomic mass is 10.0. The van der Waals surface area contributed by atoms with Gasteiger partial charge in [-0.3, -0.25) is 0 Å². The van der Waals surface area contributed by atoms with Gasteiger partial charge >= 0.3 is 6.61 Å². The summed E-state index contributed by atoms with van der Waals surface area (Å²) in [5, 5.41) is 10.2. The summed E-state index contributed by atoms with van der Waals surface area (Å²) in [6.07, 6.45) is -0.451. The lowest BCUT2D eigenvalue weighted by molar-refractivity contribution is -0.0499. The molecule has 1 N–H and O–H groups in total. The average molecular weight is 294 g/mol. The molecular formula is C16H16F2O3. The van der Waals surface area contributed by atoms with E-state index in [0.29, 0.717) is 17.7 Å². The van der Waals surface area contributed by atoms with E-state index in [1.807, 2.05) is 24.3 Å². The van der Waals surface area contributed by atoms with E-state index in [2.05, 4.69) is 4.74 Å².